The number of hydrogen-bond donors (Lipinski definition) is 2. The number of nitrogens with one attached hydrogen (secondary N) is 1. The molecule has 0 bridgehead atoms. The Hall–Kier alpha value is -3.30. The van der Waals surface area contributed by atoms with Gasteiger partial charge in [-0.3, -0.25) is 14.6 Å². The van der Waals surface area contributed by atoms with Gasteiger partial charge in [-0.15, -0.1) is 0 Å². The minimum Gasteiger partial charge on any atom is -0.478 e. The van der Waals surface area contributed by atoms with E-state index in [1.54, 1.807) is 36.4 Å². The van der Waals surface area contributed by atoms with E-state index >= 15 is 4.39 Å². The van der Waals surface area contributed by atoms with Crippen molar-refractivity contribution in [1.82, 2.24) is 9.80 Å². The van der Waals surface area contributed by atoms with Gasteiger partial charge in [0.05, 0.1) is 5.56 Å². The van der Waals surface area contributed by atoms with E-state index in [0.717, 1.165) is 11.1 Å². The second-order valence-electron chi connectivity index (χ2n) is 12.3. The smallest absolute Gasteiger partial charge is 0.335 e. The standard InChI is InChI=1S/C33H38Cl2FN3O3.CH2O/c1-6-38(17-22-10-12-23(13-11-22)30(40)41)18-24-19-39(20-32(3,4)5)33(29(24)27(36)9-7-8-21(2)34)26-15-14-25(35)16-28(26)37-31(33)42;1-2/h7-16,24,29H,2,6,17-20H2,1,3-5H3,(H,37,42)(H,40,41);1H2/b8-7-,27-9-;/t24-,29?,33-;/m1./s1. The number of fused-ring (bicyclic) bond motifs is 2. The molecule has 0 saturated carbocycles. The van der Waals surface area contributed by atoms with Gasteiger partial charge in [0.15, 0.2) is 0 Å². The molecule has 2 heterocycles. The number of aromatic carboxylic acids is 1. The zero-order valence-electron chi connectivity index (χ0n) is 25.6. The third kappa shape index (κ3) is 7.67. The molecule has 0 radical (unpaired) electrons. The van der Waals surface area contributed by atoms with E-state index in [1.807, 2.05) is 19.8 Å². The highest BCUT2D eigenvalue weighted by atomic mass is 35.5. The number of nitrogens with zero attached hydrogens (tertiary/aromatic N) is 2. The number of carboxylic acids is 1. The third-order valence-corrected chi connectivity index (χ3v) is 8.26. The SMILES string of the molecule is C=C(Cl)/C=C\C=C(/F)C1[C@H](CN(CC)Cc2ccc(C(=O)O)cc2)CN(CC(C)(C)C)[C@@]12C(=O)Nc1cc(Cl)ccc12.C=O. The fourth-order valence-corrected chi connectivity index (χ4v) is 6.58. The van der Waals surface area contributed by atoms with E-state index in [1.165, 1.54) is 18.2 Å². The number of carboxylic acid groups (broad SMARTS) is 1. The monoisotopic (exact) mass is 643 g/mol. The fraction of sp³-hybridized carbons (Fsp3) is 0.382. The Balaban J connectivity index is 0.00000259. The van der Waals surface area contributed by atoms with Gasteiger partial charge in [-0.2, -0.15) is 0 Å². The number of halogens is 3. The molecule has 2 aromatic rings. The molecule has 1 unspecified atom stereocenters. The highest BCUT2D eigenvalue weighted by Gasteiger charge is 2.64. The van der Waals surface area contributed by atoms with Crippen LogP contribution in [0.3, 0.4) is 0 Å². The van der Waals surface area contributed by atoms with Gasteiger partial charge < -0.3 is 15.2 Å². The molecule has 2 N–H and O–H groups in total. The van der Waals surface area contributed by atoms with Crippen LogP contribution in [0.2, 0.25) is 5.02 Å². The second-order valence-corrected chi connectivity index (χ2v) is 13.2. The summed E-state index contributed by atoms with van der Waals surface area (Å²) in [7, 11) is 0. The van der Waals surface area contributed by atoms with E-state index < -0.39 is 23.3 Å². The molecule has 0 aliphatic carbocycles. The quantitative estimate of drug-likeness (QED) is 0.265. The van der Waals surface area contributed by atoms with E-state index in [-0.39, 0.29) is 27.8 Å². The second kappa shape index (κ2) is 14.7. The van der Waals surface area contributed by atoms with E-state index in [9.17, 15) is 14.7 Å². The first kappa shape index (κ1) is 35.2. The summed E-state index contributed by atoms with van der Waals surface area (Å²) in [6.45, 7) is 16.8. The van der Waals surface area contributed by atoms with Gasteiger partial charge in [0.1, 0.15) is 18.2 Å². The number of carbonyl (C=O) groups is 3. The Kier molecular flexibility index (Phi) is 11.7. The van der Waals surface area contributed by atoms with Crippen molar-refractivity contribution < 1.29 is 23.9 Å². The maximum atomic E-state index is 16.6. The van der Waals surface area contributed by atoms with Crippen LogP contribution in [0.5, 0.6) is 0 Å². The van der Waals surface area contributed by atoms with Crippen LogP contribution in [0, 0.1) is 17.3 Å². The molecule has 1 fully saturated rings. The number of likely N-dealkylation sites (tertiary alicyclic amines) is 1. The van der Waals surface area contributed by atoms with Gasteiger partial charge in [-0.05, 0) is 59.9 Å². The summed E-state index contributed by atoms with van der Waals surface area (Å²) in [5.41, 5.74) is 1.05. The van der Waals surface area contributed by atoms with Crippen molar-refractivity contribution in [3.05, 3.63) is 99.8 Å². The van der Waals surface area contributed by atoms with Crippen LogP contribution >= 0.6 is 23.2 Å². The lowest BCUT2D eigenvalue weighted by Gasteiger charge is -2.40. The number of carbonyl (C=O) groups excluding carboxylic acids is 2. The summed E-state index contributed by atoms with van der Waals surface area (Å²) >= 11 is 12.2. The molecule has 3 atom stereocenters. The summed E-state index contributed by atoms with van der Waals surface area (Å²) in [5.74, 6) is -2.69. The van der Waals surface area contributed by atoms with Crippen LogP contribution in [-0.4, -0.2) is 59.8 Å². The number of allylic oxidation sites excluding steroid dienone is 4. The van der Waals surface area contributed by atoms with Crippen molar-refractivity contribution in [2.24, 2.45) is 17.3 Å². The molecule has 44 heavy (non-hydrogen) atoms. The fourth-order valence-electron chi connectivity index (χ4n) is 6.33. The zero-order valence-corrected chi connectivity index (χ0v) is 27.1. The first-order valence-electron chi connectivity index (χ1n) is 14.3. The van der Waals surface area contributed by atoms with Crippen molar-refractivity contribution in [3.63, 3.8) is 0 Å². The van der Waals surface area contributed by atoms with Gasteiger partial charge in [0, 0.05) is 53.4 Å². The van der Waals surface area contributed by atoms with Crippen molar-refractivity contribution in [1.29, 1.82) is 0 Å². The van der Waals surface area contributed by atoms with Gasteiger partial charge in [-0.1, -0.05) is 81.8 Å². The lowest BCUT2D eigenvalue weighted by Crippen LogP contribution is -2.53. The highest BCUT2D eigenvalue weighted by molar-refractivity contribution is 6.31. The van der Waals surface area contributed by atoms with Crippen LogP contribution < -0.4 is 5.32 Å². The van der Waals surface area contributed by atoms with Gasteiger partial charge in [-0.25, -0.2) is 9.18 Å². The van der Waals surface area contributed by atoms with Crippen LogP contribution in [0.25, 0.3) is 0 Å². The summed E-state index contributed by atoms with van der Waals surface area (Å²) < 4.78 is 16.6. The van der Waals surface area contributed by atoms with Crippen LogP contribution in [0.4, 0.5) is 10.1 Å². The first-order chi connectivity index (χ1) is 20.8. The molecule has 7 nitrogen and oxygen atoms in total. The van der Waals surface area contributed by atoms with Gasteiger partial charge in [0.2, 0.25) is 5.91 Å². The maximum Gasteiger partial charge on any atom is 0.335 e. The molecule has 2 aromatic carbocycles. The molecule has 10 heteroatoms. The Morgan fingerprint density at radius 2 is 1.89 bits per heavy atom. The molecular weight excluding hydrogens is 604 g/mol. The Bertz CT molecular complexity index is 1440. The van der Waals surface area contributed by atoms with E-state index in [2.05, 4.69) is 42.5 Å². The number of amides is 1. The number of anilines is 1. The van der Waals surface area contributed by atoms with Crippen LogP contribution in [0.15, 0.2) is 78.1 Å². The van der Waals surface area contributed by atoms with E-state index in [0.29, 0.717) is 43.4 Å². The molecule has 2 aliphatic heterocycles. The lowest BCUT2D eigenvalue weighted by molar-refractivity contribution is -0.129. The predicted octanol–water partition coefficient (Wildman–Crippen LogP) is 7.28. The minimum atomic E-state index is -1.27. The largest absolute Gasteiger partial charge is 0.478 e. The van der Waals surface area contributed by atoms with Crippen molar-refractivity contribution in [3.8, 4) is 0 Å². The summed E-state index contributed by atoms with van der Waals surface area (Å²) in [5, 5.41) is 13.0. The Morgan fingerprint density at radius 3 is 2.45 bits per heavy atom. The van der Waals surface area contributed by atoms with Crippen molar-refractivity contribution in [2.75, 3.05) is 31.5 Å². The molecule has 1 amide bonds. The molecule has 1 spiro atoms. The molecule has 236 valence electrons. The molecular formula is C34H40Cl2FN3O4. The predicted molar refractivity (Wildman–Crippen MR) is 175 cm³/mol. The summed E-state index contributed by atoms with van der Waals surface area (Å²) in [6.07, 6.45) is 4.43. The number of hydrogen-bond acceptors (Lipinski definition) is 5. The minimum absolute atomic E-state index is 0.172. The number of benzene rings is 2. The Morgan fingerprint density at radius 1 is 1.23 bits per heavy atom. The Labute approximate surface area is 269 Å². The normalized spacial score (nSPS) is 21.8. The third-order valence-electron chi connectivity index (χ3n) is 7.90. The molecule has 1 saturated heterocycles. The van der Waals surface area contributed by atoms with Crippen LogP contribution in [-0.2, 0) is 21.7 Å². The zero-order chi connectivity index (χ0) is 32.8. The van der Waals surface area contributed by atoms with Crippen LogP contribution in [0.1, 0.15) is 49.2 Å². The van der Waals surface area contributed by atoms with Gasteiger partial charge >= 0.3 is 5.97 Å². The first-order valence-corrected chi connectivity index (χ1v) is 15.1. The molecule has 4 rings (SSSR count). The highest BCUT2D eigenvalue weighted by Crippen LogP contribution is 2.56. The molecule has 0 aromatic heterocycles. The lowest BCUT2D eigenvalue weighted by atomic mass is 9.74. The van der Waals surface area contributed by atoms with Crippen molar-refractivity contribution >= 4 is 47.6 Å². The van der Waals surface area contributed by atoms with Crippen molar-refractivity contribution in [2.45, 2.75) is 39.8 Å². The van der Waals surface area contributed by atoms with Gasteiger partial charge in [0.25, 0.3) is 0 Å². The molecule has 2 aliphatic rings. The topological polar surface area (TPSA) is 90.0 Å². The summed E-state index contributed by atoms with van der Waals surface area (Å²) in [6, 6.07) is 12.1. The summed E-state index contributed by atoms with van der Waals surface area (Å²) in [4.78, 5) is 37.8. The van der Waals surface area contributed by atoms with E-state index in [4.69, 9.17) is 28.0 Å². The average molecular weight is 645 g/mol. The maximum absolute atomic E-state index is 16.6. The number of rotatable bonds is 10. The average Bonchev–Trinajstić information content (AvgIpc) is 3.41.